The molecule has 4 nitrogen and oxygen atoms in total. The van der Waals surface area contributed by atoms with E-state index in [2.05, 4.69) is 41.8 Å². The number of hydrogen-bond donors (Lipinski definition) is 2. The summed E-state index contributed by atoms with van der Waals surface area (Å²) in [6, 6.07) is 10.8. The standard InChI is InChI=1S/C19H28N2O2S/c1-15(7-8-16-5-3-2-4-6-16)20-18(22)21-17-9-11-23-19(13-17)10-12-24-14-19/h2-6,15,17H,7-14H2,1H3,(H2,20,21,22)/t15-,17+,19-/m1/s1. The fourth-order valence-corrected chi connectivity index (χ4v) is 4.94. The minimum Gasteiger partial charge on any atom is -0.374 e. The van der Waals surface area contributed by atoms with Gasteiger partial charge in [0.05, 0.1) is 5.60 Å². The summed E-state index contributed by atoms with van der Waals surface area (Å²) < 4.78 is 6.01. The molecule has 2 aliphatic rings. The van der Waals surface area contributed by atoms with Gasteiger partial charge in [-0.15, -0.1) is 0 Å². The molecule has 1 spiro atoms. The quantitative estimate of drug-likeness (QED) is 0.858. The van der Waals surface area contributed by atoms with Crippen LogP contribution in [0, 0.1) is 0 Å². The highest BCUT2D eigenvalue weighted by atomic mass is 32.2. The number of nitrogens with one attached hydrogen (secondary N) is 2. The molecule has 2 aliphatic heterocycles. The Balaban J connectivity index is 1.40. The lowest BCUT2D eigenvalue weighted by Crippen LogP contribution is -2.52. The molecule has 3 atom stereocenters. The van der Waals surface area contributed by atoms with E-state index in [1.807, 2.05) is 17.8 Å². The Bertz CT molecular complexity index is 531. The van der Waals surface area contributed by atoms with Gasteiger partial charge in [0, 0.05) is 24.4 Å². The van der Waals surface area contributed by atoms with Crippen LogP contribution in [0.2, 0.25) is 0 Å². The second-order valence-corrected chi connectivity index (χ2v) is 8.17. The fourth-order valence-electron chi connectivity index (χ4n) is 3.57. The first-order chi connectivity index (χ1) is 11.7. The number of benzene rings is 1. The number of carbonyl (C=O) groups is 1. The number of carbonyl (C=O) groups excluding carboxylic acids is 1. The van der Waals surface area contributed by atoms with Crippen molar-refractivity contribution in [3.8, 4) is 0 Å². The van der Waals surface area contributed by atoms with Crippen LogP contribution in [-0.2, 0) is 11.2 Å². The summed E-state index contributed by atoms with van der Waals surface area (Å²) in [4.78, 5) is 12.3. The van der Waals surface area contributed by atoms with Gasteiger partial charge in [0.1, 0.15) is 0 Å². The molecule has 132 valence electrons. The normalized spacial score (nSPS) is 27.8. The van der Waals surface area contributed by atoms with E-state index in [9.17, 15) is 4.79 Å². The van der Waals surface area contributed by atoms with E-state index in [0.29, 0.717) is 0 Å². The number of aryl methyl sites for hydroxylation is 1. The number of amides is 2. The first-order valence-electron chi connectivity index (χ1n) is 8.98. The highest BCUT2D eigenvalue weighted by molar-refractivity contribution is 7.99. The Morgan fingerprint density at radius 1 is 1.42 bits per heavy atom. The maximum Gasteiger partial charge on any atom is 0.315 e. The lowest BCUT2D eigenvalue weighted by Gasteiger charge is -2.38. The Morgan fingerprint density at radius 2 is 2.25 bits per heavy atom. The average Bonchev–Trinajstić information content (AvgIpc) is 3.01. The molecule has 24 heavy (non-hydrogen) atoms. The van der Waals surface area contributed by atoms with Crippen LogP contribution in [0.3, 0.4) is 0 Å². The number of hydrogen-bond acceptors (Lipinski definition) is 3. The van der Waals surface area contributed by atoms with Gasteiger partial charge in [-0.3, -0.25) is 0 Å². The predicted octanol–water partition coefficient (Wildman–Crippen LogP) is 3.36. The molecular weight excluding hydrogens is 320 g/mol. The molecule has 0 aliphatic carbocycles. The minimum atomic E-state index is -0.0386. The summed E-state index contributed by atoms with van der Waals surface area (Å²) in [5.74, 6) is 2.25. The highest BCUT2D eigenvalue weighted by Gasteiger charge is 2.40. The topological polar surface area (TPSA) is 50.4 Å². The second-order valence-electron chi connectivity index (χ2n) is 7.07. The maximum absolute atomic E-state index is 12.3. The summed E-state index contributed by atoms with van der Waals surface area (Å²) in [6.07, 6.45) is 4.92. The van der Waals surface area contributed by atoms with Crippen LogP contribution in [0.15, 0.2) is 30.3 Å². The van der Waals surface area contributed by atoms with Gasteiger partial charge in [-0.05, 0) is 50.3 Å². The summed E-state index contributed by atoms with van der Waals surface area (Å²) in [7, 11) is 0. The smallest absolute Gasteiger partial charge is 0.315 e. The monoisotopic (exact) mass is 348 g/mol. The van der Waals surface area contributed by atoms with Crippen molar-refractivity contribution in [3.05, 3.63) is 35.9 Å². The summed E-state index contributed by atoms with van der Waals surface area (Å²) in [5.41, 5.74) is 1.33. The van der Waals surface area contributed by atoms with Crippen molar-refractivity contribution in [2.45, 2.75) is 56.7 Å². The van der Waals surface area contributed by atoms with E-state index < -0.39 is 0 Å². The lowest BCUT2D eigenvalue weighted by molar-refractivity contribution is -0.0684. The molecule has 0 radical (unpaired) electrons. The minimum absolute atomic E-state index is 0.0137. The number of thioether (sulfide) groups is 1. The Morgan fingerprint density at radius 3 is 3.00 bits per heavy atom. The molecule has 1 aromatic rings. The molecule has 5 heteroatoms. The van der Waals surface area contributed by atoms with Crippen LogP contribution in [0.5, 0.6) is 0 Å². The Labute approximate surface area is 149 Å². The van der Waals surface area contributed by atoms with Gasteiger partial charge in [-0.1, -0.05) is 30.3 Å². The molecule has 2 amide bonds. The van der Waals surface area contributed by atoms with E-state index in [0.717, 1.165) is 44.5 Å². The maximum atomic E-state index is 12.3. The van der Waals surface area contributed by atoms with Gasteiger partial charge in [0.25, 0.3) is 0 Å². The van der Waals surface area contributed by atoms with Gasteiger partial charge in [0.15, 0.2) is 0 Å². The van der Waals surface area contributed by atoms with E-state index in [1.54, 1.807) is 0 Å². The first kappa shape index (κ1) is 17.6. The van der Waals surface area contributed by atoms with Gasteiger partial charge >= 0.3 is 6.03 Å². The molecular formula is C19H28N2O2S. The molecule has 0 saturated carbocycles. The van der Waals surface area contributed by atoms with Crippen molar-refractivity contribution in [1.29, 1.82) is 0 Å². The molecule has 1 aromatic carbocycles. The second kappa shape index (κ2) is 8.26. The van der Waals surface area contributed by atoms with Gasteiger partial charge in [-0.2, -0.15) is 11.8 Å². The van der Waals surface area contributed by atoms with Crippen LogP contribution in [0.4, 0.5) is 4.79 Å². The largest absolute Gasteiger partial charge is 0.374 e. The fraction of sp³-hybridized carbons (Fsp3) is 0.632. The van der Waals surface area contributed by atoms with Crippen LogP contribution < -0.4 is 10.6 Å². The third-order valence-electron chi connectivity index (χ3n) is 4.98. The van der Waals surface area contributed by atoms with E-state index in [1.165, 1.54) is 11.3 Å². The predicted molar refractivity (Wildman–Crippen MR) is 99.5 cm³/mol. The summed E-state index contributed by atoms with van der Waals surface area (Å²) in [6.45, 7) is 2.83. The molecule has 2 N–H and O–H groups in total. The van der Waals surface area contributed by atoms with Gasteiger partial charge in [-0.25, -0.2) is 4.79 Å². The number of ether oxygens (including phenoxy) is 1. The van der Waals surface area contributed by atoms with Crippen LogP contribution in [-0.4, -0.2) is 41.8 Å². The van der Waals surface area contributed by atoms with E-state index in [4.69, 9.17) is 4.74 Å². The Kier molecular flexibility index (Phi) is 6.06. The van der Waals surface area contributed by atoms with Crippen molar-refractivity contribution >= 4 is 17.8 Å². The summed E-state index contributed by atoms with van der Waals surface area (Å²) >= 11 is 1.96. The molecule has 2 heterocycles. The van der Waals surface area contributed by atoms with Gasteiger partial charge in [0.2, 0.25) is 0 Å². The van der Waals surface area contributed by atoms with Crippen LogP contribution in [0.25, 0.3) is 0 Å². The van der Waals surface area contributed by atoms with Crippen LogP contribution in [0.1, 0.15) is 38.2 Å². The third kappa shape index (κ3) is 4.90. The Hall–Kier alpha value is -1.20. The third-order valence-corrected chi connectivity index (χ3v) is 6.20. The van der Waals surface area contributed by atoms with Gasteiger partial charge < -0.3 is 15.4 Å². The molecule has 0 aromatic heterocycles. The van der Waals surface area contributed by atoms with Crippen molar-refractivity contribution in [3.63, 3.8) is 0 Å². The van der Waals surface area contributed by atoms with Crippen molar-refractivity contribution in [2.75, 3.05) is 18.1 Å². The molecule has 0 unspecified atom stereocenters. The molecule has 3 rings (SSSR count). The van der Waals surface area contributed by atoms with Crippen molar-refractivity contribution < 1.29 is 9.53 Å². The van der Waals surface area contributed by atoms with E-state index >= 15 is 0 Å². The highest BCUT2D eigenvalue weighted by Crippen LogP contribution is 2.38. The lowest BCUT2D eigenvalue weighted by atomic mass is 9.90. The zero-order valence-corrected chi connectivity index (χ0v) is 15.2. The van der Waals surface area contributed by atoms with Crippen LogP contribution >= 0.6 is 11.8 Å². The van der Waals surface area contributed by atoms with Crippen molar-refractivity contribution in [2.24, 2.45) is 0 Å². The molecule has 0 bridgehead atoms. The first-order valence-corrected chi connectivity index (χ1v) is 10.1. The zero-order chi connectivity index (χ0) is 16.8. The number of urea groups is 1. The zero-order valence-electron chi connectivity index (χ0n) is 14.4. The molecule has 2 saturated heterocycles. The van der Waals surface area contributed by atoms with Crippen molar-refractivity contribution in [1.82, 2.24) is 10.6 Å². The van der Waals surface area contributed by atoms with E-state index in [-0.39, 0.29) is 23.7 Å². The SMILES string of the molecule is C[C@H](CCc1ccccc1)NC(=O)N[C@H]1CCO[C@]2(CCSC2)C1. The number of rotatable bonds is 5. The average molecular weight is 349 g/mol. The molecule has 2 fully saturated rings. The summed E-state index contributed by atoms with van der Waals surface area (Å²) in [5, 5.41) is 6.24.